The van der Waals surface area contributed by atoms with Crippen molar-refractivity contribution in [2.24, 2.45) is 5.92 Å². The van der Waals surface area contributed by atoms with Gasteiger partial charge < -0.3 is 20.4 Å². The Kier molecular flexibility index (Phi) is 13.4. The molecule has 8 heteroatoms. The van der Waals surface area contributed by atoms with Crippen LogP contribution in [0.15, 0.2) is 48.5 Å². The molecule has 0 spiro atoms. The number of hydrogen-bond donors (Lipinski definition) is 2. The van der Waals surface area contributed by atoms with Crippen LogP contribution < -0.4 is 10.6 Å². The lowest BCUT2D eigenvalue weighted by molar-refractivity contribution is -0.138. The summed E-state index contributed by atoms with van der Waals surface area (Å²) in [6.07, 6.45) is 12.8. The molecule has 2 N–H and O–H groups in total. The van der Waals surface area contributed by atoms with Gasteiger partial charge in [-0.1, -0.05) is 86.5 Å². The van der Waals surface area contributed by atoms with Crippen LogP contribution in [0.5, 0.6) is 0 Å². The number of rotatable bonds is 9. The summed E-state index contributed by atoms with van der Waals surface area (Å²) in [5.41, 5.74) is 3.91. The molecule has 46 heavy (non-hydrogen) atoms. The zero-order valence-corrected chi connectivity index (χ0v) is 28.9. The van der Waals surface area contributed by atoms with E-state index in [2.05, 4.69) is 51.6 Å². The Balaban J connectivity index is 0.000000350. The Morgan fingerprint density at radius 3 is 2.24 bits per heavy atom. The summed E-state index contributed by atoms with van der Waals surface area (Å²) >= 11 is 6.03. The van der Waals surface area contributed by atoms with E-state index < -0.39 is 6.04 Å². The van der Waals surface area contributed by atoms with Gasteiger partial charge in [-0.25, -0.2) is 0 Å². The molecule has 2 aromatic carbocycles. The van der Waals surface area contributed by atoms with Crippen LogP contribution in [0.25, 0.3) is 0 Å². The van der Waals surface area contributed by atoms with Crippen LogP contribution in [0, 0.1) is 5.92 Å². The molecule has 3 heterocycles. The molecule has 0 bridgehead atoms. The first-order valence-electron chi connectivity index (χ1n) is 17.9. The van der Waals surface area contributed by atoms with Crippen molar-refractivity contribution in [3.8, 4) is 0 Å². The standard InChI is InChI=1S/C29H45ClN4O2.C9H11N/c1-23(35)31-28(21-25-10-12-26(30)13-11-25)29(36)34-18-16-33(17-19-34)27(20-24-8-4-2-5-9-24)22-32-14-6-3-7-15-32;1-7-9-5-3-2-4-8(9)6-10-7/h10-13,24,27-28H,2-9,14-22H2,1H3,(H,31,35);2-5,7,10H,6H2,1H3. The third-order valence-electron chi connectivity index (χ3n) is 10.5. The number of benzene rings is 2. The number of amides is 2. The normalized spacial score (nSPS) is 22.3. The molecule has 3 fully saturated rings. The molecule has 7 nitrogen and oxygen atoms in total. The Morgan fingerprint density at radius 1 is 0.891 bits per heavy atom. The van der Waals surface area contributed by atoms with Crippen LogP contribution in [0.4, 0.5) is 0 Å². The summed E-state index contributed by atoms with van der Waals surface area (Å²) in [5.74, 6) is 0.714. The second-order valence-corrected chi connectivity index (χ2v) is 14.4. The minimum atomic E-state index is -0.540. The fourth-order valence-corrected chi connectivity index (χ4v) is 8.03. The van der Waals surface area contributed by atoms with Crippen molar-refractivity contribution in [2.45, 2.75) is 103 Å². The van der Waals surface area contributed by atoms with Crippen LogP contribution in [0.3, 0.4) is 0 Å². The third kappa shape index (κ3) is 10.3. The van der Waals surface area contributed by atoms with Gasteiger partial charge in [0.25, 0.3) is 0 Å². The molecule has 1 aliphatic carbocycles. The Labute approximate surface area is 282 Å². The average molecular weight is 650 g/mol. The number of piperidine rings is 1. The number of carbonyl (C=O) groups excluding carboxylic acids is 2. The lowest BCUT2D eigenvalue weighted by Crippen LogP contribution is -2.58. The molecule has 0 radical (unpaired) electrons. The van der Waals surface area contributed by atoms with Crippen LogP contribution in [0.1, 0.15) is 94.4 Å². The van der Waals surface area contributed by atoms with E-state index >= 15 is 0 Å². The predicted octanol–water partition coefficient (Wildman–Crippen LogP) is 6.21. The van der Waals surface area contributed by atoms with Gasteiger partial charge in [-0.05, 0) is 74.0 Å². The Morgan fingerprint density at radius 2 is 1.57 bits per heavy atom. The van der Waals surface area contributed by atoms with Crippen molar-refractivity contribution >= 4 is 23.4 Å². The van der Waals surface area contributed by atoms with Crippen LogP contribution in [0.2, 0.25) is 5.02 Å². The summed E-state index contributed by atoms with van der Waals surface area (Å²) < 4.78 is 0. The van der Waals surface area contributed by atoms with Crippen LogP contribution in [-0.2, 0) is 22.6 Å². The quantitative estimate of drug-likeness (QED) is 0.338. The zero-order valence-electron chi connectivity index (χ0n) is 28.2. The van der Waals surface area contributed by atoms with Crippen molar-refractivity contribution in [3.63, 3.8) is 0 Å². The number of piperazine rings is 1. The number of nitrogens with one attached hydrogen (secondary N) is 2. The summed E-state index contributed by atoms with van der Waals surface area (Å²) in [6, 6.07) is 16.7. The van der Waals surface area contributed by atoms with Crippen molar-refractivity contribution in [2.75, 3.05) is 45.8 Å². The van der Waals surface area contributed by atoms with E-state index in [1.807, 2.05) is 29.2 Å². The molecule has 1 saturated carbocycles. The number of halogens is 1. The first kappa shape index (κ1) is 34.9. The first-order chi connectivity index (χ1) is 22.4. The van der Waals surface area contributed by atoms with E-state index in [0.717, 1.165) is 44.2 Å². The maximum absolute atomic E-state index is 13.5. The highest BCUT2D eigenvalue weighted by atomic mass is 35.5. The molecule has 2 aromatic rings. The SMILES string of the molecule is CC(=O)NC(Cc1ccc(Cl)cc1)C(=O)N1CCN(C(CC2CCCCC2)CN2CCCCC2)CC1.CC1NCc2ccccc21. The van der Waals surface area contributed by atoms with E-state index in [9.17, 15) is 9.59 Å². The summed E-state index contributed by atoms with van der Waals surface area (Å²) in [4.78, 5) is 32.7. The number of likely N-dealkylation sites (tertiary alicyclic amines) is 1. The molecule has 2 amide bonds. The highest BCUT2D eigenvalue weighted by molar-refractivity contribution is 6.30. The van der Waals surface area contributed by atoms with Gasteiger partial charge in [-0.2, -0.15) is 0 Å². The largest absolute Gasteiger partial charge is 0.344 e. The molecule has 3 aliphatic heterocycles. The molecular weight excluding hydrogens is 594 g/mol. The highest BCUT2D eigenvalue weighted by Crippen LogP contribution is 2.30. The lowest BCUT2D eigenvalue weighted by Gasteiger charge is -2.43. The van der Waals surface area contributed by atoms with Crippen molar-refractivity contribution < 1.29 is 9.59 Å². The molecule has 252 valence electrons. The van der Waals surface area contributed by atoms with Gasteiger partial charge in [0.05, 0.1) is 0 Å². The number of carbonyl (C=O) groups is 2. The highest BCUT2D eigenvalue weighted by Gasteiger charge is 2.32. The molecular formula is C38H56ClN5O2. The maximum Gasteiger partial charge on any atom is 0.245 e. The van der Waals surface area contributed by atoms with Gasteiger partial charge in [0.15, 0.2) is 0 Å². The molecule has 3 atom stereocenters. The zero-order chi connectivity index (χ0) is 32.3. The van der Waals surface area contributed by atoms with Gasteiger partial charge >= 0.3 is 0 Å². The molecule has 3 unspecified atom stereocenters. The van der Waals surface area contributed by atoms with E-state index in [0.29, 0.717) is 23.5 Å². The van der Waals surface area contributed by atoms with Crippen LogP contribution in [-0.4, -0.2) is 84.4 Å². The van der Waals surface area contributed by atoms with Crippen molar-refractivity contribution in [1.29, 1.82) is 0 Å². The number of fused-ring (bicyclic) bond motifs is 1. The van der Waals surface area contributed by atoms with Gasteiger partial charge in [0.2, 0.25) is 11.8 Å². The van der Waals surface area contributed by atoms with Gasteiger partial charge in [0.1, 0.15) is 6.04 Å². The van der Waals surface area contributed by atoms with Gasteiger partial charge in [-0.15, -0.1) is 0 Å². The monoisotopic (exact) mass is 649 g/mol. The molecule has 0 aromatic heterocycles. The van der Waals surface area contributed by atoms with Gasteiger partial charge in [0, 0.05) is 69.7 Å². The summed E-state index contributed by atoms with van der Waals surface area (Å²) in [5, 5.41) is 6.95. The topological polar surface area (TPSA) is 67.9 Å². The second kappa shape index (κ2) is 17.6. The molecule has 4 aliphatic rings. The number of nitrogens with zero attached hydrogens (tertiary/aromatic N) is 3. The van der Waals surface area contributed by atoms with Crippen molar-refractivity contribution in [3.05, 3.63) is 70.2 Å². The first-order valence-corrected chi connectivity index (χ1v) is 18.3. The Hall–Kier alpha value is -2.45. The second-order valence-electron chi connectivity index (χ2n) is 14.0. The molecule has 6 rings (SSSR count). The van der Waals surface area contributed by atoms with Crippen molar-refractivity contribution in [1.82, 2.24) is 25.3 Å². The lowest BCUT2D eigenvalue weighted by atomic mass is 9.84. The minimum absolute atomic E-state index is 0.0275. The van der Waals surface area contributed by atoms with Crippen LogP contribution >= 0.6 is 11.6 Å². The fourth-order valence-electron chi connectivity index (χ4n) is 7.91. The average Bonchev–Trinajstić information content (AvgIpc) is 3.46. The van der Waals surface area contributed by atoms with Gasteiger partial charge in [-0.3, -0.25) is 14.5 Å². The van der Waals surface area contributed by atoms with E-state index in [4.69, 9.17) is 11.6 Å². The third-order valence-corrected chi connectivity index (χ3v) is 10.8. The maximum atomic E-state index is 13.5. The summed E-state index contributed by atoms with van der Waals surface area (Å²) in [6.45, 7) is 11.7. The van der Waals surface area contributed by atoms with E-state index in [1.165, 1.54) is 95.5 Å². The van der Waals surface area contributed by atoms with E-state index in [-0.39, 0.29) is 11.8 Å². The Bertz CT molecular complexity index is 1220. The molecule has 2 saturated heterocycles. The predicted molar refractivity (Wildman–Crippen MR) is 188 cm³/mol. The minimum Gasteiger partial charge on any atom is -0.344 e. The summed E-state index contributed by atoms with van der Waals surface area (Å²) in [7, 11) is 0. The number of hydrogen-bond acceptors (Lipinski definition) is 5. The fraction of sp³-hybridized carbons (Fsp3) is 0.632. The van der Waals surface area contributed by atoms with E-state index in [1.54, 1.807) is 0 Å². The smallest absolute Gasteiger partial charge is 0.245 e.